The number of benzene rings is 1. The maximum absolute atomic E-state index is 6.20. The third kappa shape index (κ3) is 1.29. The van der Waals surface area contributed by atoms with E-state index in [1.165, 1.54) is 23.2 Å². The molecule has 0 aromatic heterocycles. The molecule has 2 aliphatic heterocycles. The molecule has 2 atom stereocenters. The van der Waals surface area contributed by atoms with Crippen LogP contribution in [0.15, 0.2) is 18.2 Å². The van der Waals surface area contributed by atoms with Crippen LogP contribution in [0.4, 0.5) is 5.69 Å². The summed E-state index contributed by atoms with van der Waals surface area (Å²) in [6, 6.07) is 7.57. The molecule has 0 bridgehead atoms. The number of nitrogens with two attached hydrogens (primary N) is 1. The molecule has 0 radical (unpaired) electrons. The van der Waals surface area contributed by atoms with Crippen molar-refractivity contribution in [2.75, 3.05) is 11.4 Å². The molecular formula is C14H20N2. The van der Waals surface area contributed by atoms with Crippen molar-refractivity contribution < 1.29 is 0 Å². The first kappa shape index (κ1) is 10.2. The summed E-state index contributed by atoms with van der Waals surface area (Å²) in [6.45, 7) is 5.78. The van der Waals surface area contributed by atoms with Gasteiger partial charge in [0.15, 0.2) is 0 Å². The highest BCUT2D eigenvalue weighted by atomic mass is 15.2. The van der Waals surface area contributed by atoms with E-state index in [-0.39, 0.29) is 6.04 Å². The summed E-state index contributed by atoms with van der Waals surface area (Å²) in [7, 11) is 0. The molecule has 0 saturated carbocycles. The Kier molecular flexibility index (Phi) is 2.21. The molecule has 1 aromatic rings. The molecule has 3 rings (SSSR count). The minimum absolute atomic E-state index is 0.247. The normalized spacial score (nSPS) is 27.4. The summed E-state index contributed by atoms with van der Waals surface area (Å²) in [5.74, 6) is 0.717. The van der Waals surface area contributed by atoms with Crippen molar-refractivity contribution in [1.29, 1.82) is 0 Å². The van der Waals surface area contributed by atoms with Gasteiger partial charge in [-0.2, -0.15) is 0 Å². The van der Waals surface area contributed by atoms with Crippen LogP contribution in [0.25, 0.3) is 0 Å². The average Bonchev–Trinajstić information content (AvgIpc) is 2.64. The predicted molar refractivity (Wildman–Crippen MR) is 67.7 cm³/mol. The Hall–Kier alpha value is -1.02. The van der Waals surface area contributed by atoms with Crippen molar-refractivity contribution in [1.82, 2.24) is 0 Å². The first-order valence-corrected chi connectivity index (χ1v) is 6.32. The molecule has 0 spiro atoms. The molecule has 2 aliphatic rings. The second kappa shape index (κ2) is 3.49. The number of para-hydroxylation sites is 1. The van der Waals surface area contributed by atoms with Crippen molar-refractivity contribution in [2.45, 2.75) is 38.8 Å². The molecule has 2 heteroatoms. The average molecular weight is 216 g/mol. The van der Waals surface area contributed by atoms with E-state index in [9.17, 15) is 0 Å². The lowest BCUT2D eigenvalue weighted by Gasteiger charge is -2.36. The molecule has 16 heavy (non-hydrogen) atoms. The van der Waals surface area contributed by atoms with Crippen molar-refractivity contribution in [2.24, 2.45) is 11.7 Å². The Balaban J connectivity index is 2.10. The van der Waals surface area contributed by atoms with Gasteiger partial charge in [0.05, 0.1) is 0 Å². The van der Waals surface area contributed by atoms with E-state index in [4.69, 9.17) is 5.73 Å². The summed E-state index contributed by atoms with van der Waals surface area (Å²) in [5.41, 5.74) is 10.5. The van der Waals surface area contributed by atoms with Gasteiger partial charge < -0.3 is 10.6 Å². The minimum atomic E-state index is 0.247. The van der Waals surface area contributed by atoms with Gasteiger partial charge in [-0.15, -0.1) is 0 Å². The molecule has 0 aliphatic carbocycles. The molecule has 2 nitrogen and oxygen atoms in total. The second-order valence-electron chi connectivity index (χ2n) is 5.46. The van der Waals surface area contributed by atoms with Gasteiger partial charge in [-0.25, -0.2) is 0 Å². The topological polar surface area (TPSA) is 29.3 Å². The highest BCUT2D eigenvalue weighted by molar-refractivity contribution is 5.67. The van der Waals surface area contributed by atoms with Gasteiger partial charge in [-0.05, 0) is 29.9 Å². The first-order valence-electron chi connectivity index (χ1n) is 6.32. The van der Waals surface area contributed by atoms with E-state index < -0.39 is 0 Å². The SMILES string of the molecule is CC(C)C1Cc2cccc3c2N1CCC3N. The number of nitrogens with zero attached hydrogens (tertiary/aromatic N) is 1. The van der Waals surface area contributed by atoms with Crippen LogP contribution in [-0.2, 0) is 6.42 Å². The third-order valence-corrected chi connectivity index (χ3v) is 4.12. The van der Waals surface area contributed by atoms with E-state index in [0.29, 0.717) is 6.04 Å². The quantitative estimate of drug-likeness (QED) is 0.781. The van der Waals surface area contributed by atoms with Crippen molar-refractivity contribution >= 4 is 5.69 Å². The van der Waals surface area contributed by atoms with Gasteiger partial charge in [-0.3, -0.25) is 0 Å². The van der Waals surface area contributed by atoms with Crippen LogP contribution in [0, 0.1) is 5.92 Å². The zero-order valence-electron chi connectivity index (χ0n) is 10.1. The fraction of sp³-hybridized carbons (Fsp3) is 0.571. The van der Waals surface area contributed by atoms with Crippen LogP contribution in [0.2, 0.25) is 0 Å². The van der Waals surface area contributed by atoms with Crippen molar-refractivity contribution in [3.05, 3.63) is 29.3 Å². The Labute approximate surface area is 97.4 Å². The third-order valence-electron chi connectivity index (χ3n) is 4.12. The fourth-order valence-corrected chi connectivity index (χ4v) is 3.23. The largest absolute Gasteiger partial charge is 0.367 e. The highest BCUT2D eigenvalue weighted by Crippen LogP contribution is 2.43. The number of hydrogen-bond donors (Lipinski definition) is 1. The van der Waals surface area contributed by atoms with E-state index in [1.54, 1.807) is 0 Å². The van der Waals surface area contributed by atoms with Crippen LogP contribution in [0.3, 0.4) is 0 Å². The fourth-order valence-electron chi connectivity index (χ4n) is 3.23. The Morgan fingerprint density at radius 2 is 2.19 bits per heavy atom. The van der Waals surface area contributed by atoms with Gasteiger partial charge in [0.2, 0.25) is 0 Å². The molecule has 1 aromatic carbocycles. The lowest BCUT2D eigenvalue weighted by Crippen LogP contribution is -2.40. The van der Waals surface area contributed by atoms with Gasteiger partial charge >= 0.3 is 0 Å². The van der Waals surface area contributed by atoms with Crippen LogP contribution < -0.4 is 10.6 Å². The van der Waals surface area contributed by atoms with Crippen LogP contribution >= 0.6 is 0 Å². The summed E-state index contributed by atoms with van der Waals surface area (Å²) < 4.78 is 0. The summed E-state index contributed by atoms with van der Waals surface area (Å²) in [4.78, 5) is 2.60. The zero-order valence-corrected chi connectivity index (χ0v) is 10.1. The van der Waals surface area contributed by atoms with Crippen molar-refractivity contribution in [3.63, 3.8) is 0 Å². The molecule has 2 N–H and O–H groups in total. The maximum atomic E-state index is 6.20. The van der Waals surface area contributed by atoms with E-state index in [0.717, 1.165) is 18.9 Å². The molecule has 0 amide bonds. The molecule has 0 fully saturated rings. The molecular weight excluding hydrogens is 196 g/mol. The maximum Gasteiger partial charge on any atom is 0.0450 e. The number of anilines is 1. The minimum Gasteiger partial charge on any atom is -0.367 e. The van der Waals surface area contributed by atoms with Gasteiger partial charge in [0, 0.05) is 24.3 Å². The summed E-state index contributed by atoms with van der Waals surface area (Å²) >= 11 is 0. The highest BCUT2D eigenvalue weighted by Gasteiger charge is 2.36. The summed E-state index contributed by atoms with van der Waals surface area (Å²) in [5, 5.41) is 0. The molecule has 2 unspecified atom stereocenters. The first-order chi connectivity index (χ1) is 7.68. The lowest BCUT2D eigenvalue weighted by atomic mass is 9.96. The zero-order chi connectivity index (χ0) is 11.3. The Morgan fingerprint density at radius 3 is 2.94 bits per heavy atom. The van der Waals surface area contributed by atoms with Gasteiger partial charge in [0.25, 0.3) is 0 Å². The van der Waals surface area contributed by atoms with Crippen LogP contribution in [0.1, 0.15) is 37.4 Å². The molecule has 2 heterocycles. The smallest absolute Gasteiger partial charge is 0.0450 e. The van der Waals surface area contributed by atoms with Crippen molar-refractivity contribution in [3.8, 4) is 0 Å². The van der Waals surface area contributed by atoms with Crippen LogP contribution in [-0.4, -0.2) is 12.6 Å². The monoisotopic (exact) mass is 216 g/mol. The second-order valence-corrected chi connectivity index (χ2v) is 5.46. The predicted octanol–water partition coefficient (Wildman–Crippen LogP) is 2.48. The van der Waals surface area contributed by atoms with Gasteiger partial charge in [0.1, 0.15) is 0 Å². The van der Waals surface area contributed by atoms with E-state index in [1.807, 2.05) is 0 Å². The Morgan fingerprint density at radius 1 is 1.38 bits per heavy atom. The Bertz CT molecular complexity index is 411. The number of hydrogen-bond acceptors (Lipinski definition) is 2. The van der Waals surface area contributed by atoms with E-state index >= 15 is 0 Å². The summed E-state index contributed by atoms with van der Waals surface area (Å²) in [6.07, 6.45) is 2.30. The number of rotatable bonds is 1. The van der Waals surface area contributed by atoms with Gasteiger partial charge in [-0.1, -0.05) is 32.0 Å². The van der Waals surface area contributed by atoms with Crippen LogP contribution in [0.5, 0.6) is 0 Å². The molecule has 0 saturated heterocycles. The lowest BCUT2D eigenvalue weighted by molar-refractivity contribution is 0.451. The molecule has 86 valence electrons. The standard InChI is InChI=1S/C14H20N2/c1-9(2)13-8-10-4-3-5-11-12(15)6-7-16(13)14(10)11/h3-5,9,12-13H,6-8,15H2,1-2H3. The van der Waals surface area contributed by atoms with E-state index in [2.05, 4.69) is 36.9 Å².